The third-order valence-electron chi connectivity index (χ3n) is 13.6. The van der Waals surface area contributed by atoms with Gasteiger partial charge < -0.3 is 0 Å². The van der Waals surface area contributed by atoms with E-state index in [-0.39, 0.29) is 0 Å². The smallest absolute Gasteiger partial charge is 0.160 e. The summed E-state index contributed by atoms with van der Waals surface area (Å²) in [6.07, 6.45) is 0. The number of pyridine rings is 1. The summed E-state index contributed by atoms with van der Waals surface area (Å²) in [7, 11) is 0. The third-order valence-corrected chi connectivity index (χ3v) is 13.6. The normalized spacial score (nSPS) is 11.4. The van der Waals surface area contributed by atoms with Gasteiger partial charge in [-0.1, -0.05) is 218 Å². The first-order valence-electron chi connectivity index (χ1n) is 23.8. The van der Waals surface area contributed by atoms with Crippen LogP contribution in [0.25, 0.3) is 133 Å². The van der Waals surface area contributed by atoms with E-state index in [4.69, 9.17) is 15.0 Å². The molecule has 2 heterocycles. The molecular formula is C67H43N3. The summed E-state index contributed by atoms with van der Waals surface area (Å²) < 4.78 is 0. The van der Waals surface area contributed by atoms with E-state index in [1.54, 1.807) is 0 Å². The standard InChI is InChI=1S/C67H43N3/c1-3-16-44(17-4-1)51-23-14-26-54(39-51)64-43-63(69-67(70-64)56-27-15-24-52(41-56)45-18-5-2-6-19-45)48-35-32-47(33-36-48)50-22-13-25-53(38-50)60-42-61-65(58-29-10-9-28-57(58)60)59-30-11-12-31-62(59)68-66(61)55-37-34-46-20-7-8-21-49(46)40-55/h1-43H. The van der Waals surface area contributed by atoms with Crippen LogP contribution in [0.5, 0.6) is 0 Å². The molecule has 0 unspecified atom stereocenters. The Labute approximate surface area is 406 Å². The van der Waals surface area contributed by atoms with Crippen molar-refractivity contribution in [3.05, 3.63) is 261 Å². The van der Waals surface area contributed by atoms with E-state index in [1.807, 2.05) is 6.07 Å². The monoisotopic (exact) mass is 889 g/mol. The molecule has 13 aromatic rings. The second-order valence-electron chi connectivity index (χ2n) is 17.9. The van der Waals surface area contributed by atoms with Crippen molar-refractivity contribution in [3.63, 3.8) is 0 Å². The van der Waals surface area contributed by atoms with E-state index in [9.17, 15) is 0 Å². The van der Waals surface area contributed by atoms with E-state index in [2.05, 4.69) is 255 Å². The van der Waals surface area contributed by atoms with Gasteiger partial charge in [-0.2, -0.15) is 0 Å². The highest BCUT2D eigenvalue weighted by Gasteiger charge is 2.18. The zero-order chi connectivity index (χ0) is 46.4. The fourth-order valence-electron chi connectivity index (χ4n) is 10.1. The number of benzene rings is 11. The predicted octanol–water partition coefficient (Wildman–Crippen LogP) is 17.8. The Kier molecular flexibility index (Phi) is 10.2. The molecule has 0 atom stereocenters. The maximum Gasteiger partial charge on any atom is 0.160 e. The second kappa shape index (κ2) is 17.4. The van der Waals surface area contributed by atoms with E-state index >= 15 is 0 Å². The highest BCUT2D eigenvalue weighted by Crippen LogP contribution is 2.43. The topological polar surface area (TPSA) is 38.7 Å². The molecule has 0 amide bonds. The van der Waals surface area contributed by atoms with Gasteiger partial charge in [0.05, 0.1) is 22.6 Å². The van der Waals surface area contributed by atoms with Crippen molar-refractivity contribution in [3.8, 4) is 89.7 Å². The number of hydrogen-bond acceptors (Lipinski definition) is 3. The largest absolute Gasteiger partial charge is 0.247 e. The Morgan fingerprint density at radius 1 is 0.229 bits per heavy atom. The molecule has 326 valence electrons. The number of rotatable bonds is 8. The molecule has 0 bridgehead atoms. The zero-order valence-corrected chi connectivity index (χ0v) is 38.2. The quantitative estimate of drug-likeness (QED) is 0.143. The van der Waals surface area contributed by atoms with Crippen LogP contribution >= 0.6 is 0 Å². The fraction of sp³-hybridized carbons (Fsp3) is 0. The maximum absolute atomic E-state index is 5.39. The van der Waals surface area contributed by atoms with Gasteiger partial charge in [-0.3, -0.25) is 0 Å². The fourth-order valence-corrected chi connectivity index (χ4v) is 10.1. The molecule has 0 aliphatic heterocycles. The van der Waals surface area contributed by atoms with Crippen LogP contribution in [0.15, 0.2) is 261 Å². The Morgan fingerprint density at radius 3 is 1.43 bits per heavy atom. The van der Waals surface area contributed by atoms with Crippen LogP contribution in [-0.4, -0.2) is 15.0 Å². The van der Waals surface area contributed by atoms with Crippen LogP contribution in [-0.2, 0) is 0 Å². The Bertz CT molecular complexity index is 4000. The Hall–Kier alpha value is -9.31. The van der Waals surface area contributed by atoms with Gasteiger partial charge in [-0.15, -0.1) is 0 Å². The molecule has 0 aliphatic rings. The molecule has 0 radical (unpaired) electrons. The minimum absolute atomic E-state index is 0.682. The summed E-state index contributed by atoms with van der Waals surface area (Å²) in [4.78, 5) is 15.9. The van der Waals surface area contributed by atoms with Gasteiger partial charge in [-0.05, 0) is 109 Å². The number of nitrogens with zero attached hydrogens (tertiary/aromatic N) is 3. The van der Waals surface area contributed by atoms with E-state index in [0.717, 1.165) is 89.0 Å². The van der Waals surface area contributed by atoms with Crippen molar-refractivity contribution in [1.29, 1.82) is 0 Å². The molecule has 0 spiro atoms. The summed E-state index contributed by atoms with van der Waals surface area (Å²) in [5.74, 6) is 0.682. The number of para-hydroxylation sites is 1. The lowest BCUT2D eigenvalue weighted by Crippen LogP contribution is -1.96. The molecule has 0 saturated carbocycles. The van der Waals surface area contributed by atoms with Gasteiger partial charge in [-0.25, -0.2) is 15.0 Å². The lowest BCUT2D eigenvalue weighted by atomic mass is 9.89. The van der Waals surface area contributed by atoms with Crippen molar-refractivity contribution in [2.75, 3.05) is 0 Å². The van der Waals surface area contributed by atoms with Crippen LogP contribution < -0.4 is 0 Å². The van der Waals surface area contributed by atoms with Crippen molar-refractivity contribution in [2.45, 2.75) is 0 Å². The van der Waals surface area contributed by atoms with Crippen LogP contribution in [0.4, 0.5) is 0 Å². The van der Waals surface area contributed by atoms with Gasteiger partial charge in [0.15, 0.2) is 5.82 Å². The van der Waals surface area contributed by atoms with Crippen molar-refractivity contribution < 1.29 is 0 Å². The third kappa shape index (κ3) is 7.56. The molecule has 70 heavy (non-hydrogen) atoms. The van der Waals surface area contributed by atoms with E-state index in [0.29, 0.717) is 5.82 Å². The first-order chi connectivity index (χ1) is 34.7. The van der Waals surface area contributed by atoms with E-state index < -0.39 is 0 Å². The summed E-state index contributed by atoms with van der Waals surface area (Å²) >= 11 is 0. The van der Waals surface area contributed by atoms with Gasteiger partial charge in [0.25, 0.3) is 0 Å². The summed E-state index contributed by atoms with van der Waals surface area (Å²) in [6, 6.07) is 93.0. The average molecular weight is 890 g/mol. The summed E-state index contributed by atoms with van der Waals surface area (Å²) in [5.41, 5.74) is 17.0. The molecule has 0 saturated heterocycles. The number of fused-ring (bicyclic) bond motifs is 6. The van der Waals surface area contributed by atoms with Crippen LogP contribution in [0.3, 0.4) is 0 Å². The highest BCUT2D eigenvalue weighted by atomic mass is 14.9. The molecule has 0 fully saturated rings. The molecular weight excluding hydrogens is 847 g/mol. The molecule has 11 aromatic carbocycles. The minimum Gasteiger partial charge on any atom is -0.247 e. The SMILES string of the molecule is c1ccc(-c2cccc(-c3cc(-c4ccc(-c5cccc(-c6cc7c(-c8ccc9ccccc9c8)nc8ccccc8c7c7ccccc67)c5)cc4)nc(-c4cccc(-c5ccccc5)c4)n3)c2)cc1. The molecule has 3 nitrogen and oxygen atoms in total. The number of hydrogen-bond donors (Lipinski definition) is 0. The average Bonchev–Trinajstić information content (AvgIpc) is 3.45. The maximum atomic E-state index is 5.39. The van der Waals surface area contributed by atoms with Crippen LogP contribution in [0.2, 0.25) is 0 Å². The van der Waals surface area contributed by atoms with Crippen molar-refractivity contribution in [2.24, 2.45) is 0 Å². The van der Waals surface area contributed by atoms with Gasteiger partial charge in [0.2, 0.25) is 0 Å². The molecule has 0 N–H and O–H groups in total. The van der Waals surface area contributed by atoms with Crippen molar-refractivity contribution >= 4 is 43.2 Å². The molecule has 0 aliphatic carbocycles. The Balaban J connectivity index is 0.912. The predicted molar refractivity (Wildman–Crippen MR) is 293 cm³/mol. The first-order valence-corrected chi connectivity index (χ1v) is 23.8. The summed E-state index contributed by atoms with van der Waals surface area (Å²) in [5, 5.41) is 8.36. The molecule has 3 heteroatoms. The first kappa shape index (κ1) is 40.9. The van der Waals surface area contributed by atoms with Gasteiger partial charge in [0.1, 0.15) is 0 Å². The molecule has 2 aromatic heterocycles. The highest BCUT2D eigenvalue weighted by molar-refractivity contribution is 6.25. The van der Waals surface area contributed by atoms with Gasteiger partial charge in [0, 0.05) is 38.4 Å². The lowest BCUT2D eigenvalue weighted by molar-refractivity contribution is 1.18. The Morgan fingerprint density at radius 2 is 0.714 bits per heavy atom. The summed E-state index contributed by atoms with van der Waals surface area (Å²) in [6.45, 7) is 0. The number of aromatic nitrogens is 3. The zero-order valence-electron chi connectivity index (χ0n) is 38.2. The van der Waals surface area contributed by atoms with Crippen LogP contribution in [0, 0.1) is 0 Å². The second-order valence-corrected chi connectivity index (χ2v) is 17.9. The van der Waals surface area contributed by atoms with Crippen LogP contribution in [0.1, 0.15) is 0 Å². The molecule has 13 rings (SSSR count). The van der Waals surface area contributed by atoms with Gasteiger partial charge >= 0.3 is 0 Å². The minimum atomic E-state index is 0.682. The van der Waals surface area contributed by atoms with Crippen molar-refractivity contribution in [1.82, 2.24) is 15.0 Å². The van der Waals surface area contributed by atoms with E-state index in [1.165, 1.54) is 38.1 Å². The lowest BCUT2D eigenvalue weighted by Gasteiger charge is -2.17.